The Morgan fingerprint density at radius 2 is 1.44 bits per heavy atom. The summed E-state index contributed by atoms with van der Waals surface area (Å²) in [5.41, 5.74) is 7.49. The monoisotopic (exact) mass is 360 g/mol. The molecule has 3 aromatic rings. The van der Waals surface area contributed by atoms with E-state index in [0.29, 0.717) is 11.4 Å². The van der Waals surface area contributed by atoms with Crippen LogP contribution in [-0.2, 0) is 9.59 Å². The Balaban J connectivity index is 1.83. The van der Waals surface area contributed by atoms with E-state index >= 15 is 0 Å². The molecular weight excluding hydrogens is 340 g/mol. The highest BCUT2D eigenvalue weighted by atomic mass is 16.5. The first-order valence-electron chi connectivity index (χ1n) is 8.55. The number of amides is 2. The van der Waals surface area contributed by atoms with E-state index in [0.717, 1.165) is 11.1 Å². The first kappa shape index (κ1) is 18.2. The Kier molecular flexibility index (Phi) is 5.84. The molecule has 0 aliphatic heterocycles. The van der Waals surface area contributed by atoms with Gasteiger partial charge in [-0.2, -0.15) is 0 Å². The Labute approximate surface area is 157 Å². The predicted molar refractivity (Wildman–Crippen MR) is 104 cm³/mol. The van der Waals surface area contributed by atoms with E-state index in [1.807, 2.05) is 60.7 Å². The van der Waals surface area contributed by atoms with E-state index in [1.165, 1.54) is 0 Å². The number of hydrogen-bond donors (Lipinski definition) is 2. The van der Waals surface area contributed by atoms with E-state index in [1.54, 1.807) is 24.3 Å². The average molecular weight is 360 g/mol. The van der Waals surface area contributed by atoms with Gasteiger partial charge in [-0.05, 0) is 23.3 Å². The van der Waals surface area contributed by atoms with Crippen molar-refractivity contribution in [2.75, 3.05) is 11.9 Å². The van der Waals surface area contributed by atoms with Gasteiger partial charge < -0.3 is 15.8 Å². The van der Waals surface area contributed by atoms with Gasteiger partial charge in [-0.1, -0.05) is 66.7 Å². The molecule has 5 nitrogen and oxygen atoms in total. The number of anilines is 1. The summed E-state index contributed by atoms with van der Waals surface area (Å²) in [6, 6.07) is 26.1. The Morgan fingerprint density at radius 3 is 2.00 bits per heavy atom. The fourth-order valence-corrected chi connectivity index (χ4v) is 2.82. The number of benzene rings is 3. The van der Waals surface area contributed by atoms with Crippen LogP contribution in [0.15, 0.2) is 84.9 Å². The van der Waals surface area contributed by atoms with Crippen molar-refractivity contribution in [2.24, 2.45) is 5.73 Å². The van der Waals surface area contributed by atoms with Crippen LogP contribution in [0, 0.1) is 0 Å². The molecule has 0 aliphatic carbocycles. The van der Waals surface area contributed by atoms with E-state index in [-0.39, 0.29) is 12.5 Å². The van der Waals surface area contributed by atoms with Gasteiger partial charge in [0.05, 0.1) is 5.92 Å². The Bertz CT molecular complexity index is 872. The van der Waals surface area contributed by atoms with Gasteiger partial charge in [0.15, 0.2) is 6.61 Å². The molecule has 0 aromatic heterocycles. The molecule has 136 valence electrons. The van der Waals surface area contributed by atoms with Gasteiger partial charge >= 0.3 is 0 Å². The number of ether oxygens (including phenoxy) is 1. The van der Waals surface area contributed by atoms with Crippen LogP contribution in [0.4, 0.5) is 5.69 Å². The van der Waals surface area contributed by atoms with E-state index in [9.17, 15) is 9.59 Å². The van der Waals surface area contributed by atoms with Gasteiger partial charge in [0.25, 0.3) is 5.91 Å². The molecule has 3 rings (SSSR count). The smallest absolute Gasteiger partial charge is 0.255 e. The molecule has 3 aromatic carbocycles. The van der Waals surface area contributed by atoms with Crippen LogP contribution in [0.25, 0.3) is 0 Å². The van der Waals surface area contributed by atoms with Crippen molar-refractivity contribution in [3.63, 3.8) is 0 Å². The summed E-state index contributed by atoms with van der Waals surface area (Å²) in [7, 11) is 0. The maximum atomic E-state index is 13.1. The van der Waals surface area contributed by atoms with Crippen LogP contribution in [0.1, 0.15) is 17.0 Å². The Hall–Kier alpha value is -3.60. The molecule has 0 unspecified atom stereocenters. The average Bonchev–Trinajstić information content (AvgIpc) is 2.68. The first-order valence-corrected chi connectivity index (χ1v) is 8.55. The van der Waals surface area contributed by atoms with E-state index in [4.69, 9.17) is 10.5 Å². The zero-order chi connectivity index (χ0) is 19.1. The van der Waals surface area contributed by atoms with Crippen molar-refractivity contribution in [3.05, 3.63) is 96.1 Å². The maximum Gasteiger partial charge on any atom is 0.255 e. The predicted octanol–water partition coefficient (Wildman–Crippen LogP) is 3.32. The first-order chi connectivity index (χ1) is 13.1. The summed E-state index contributed by atoms with van der Waals surface area (Å²) in [4.78, 5) is 23.9. The molecular formula is C22H20N2O3. The highest BCUT2D eigenvalue weighted by Crippen LogP contribution is 2.27. The third-order valence-corrected chi connectivity index (χ3v) is 4.01. The molecule has 0 aliphatic rings. The number of hydrogen-bond acceptors (Lipinski definition) is 3. The number of carbonyl (C=O) groups is 2. The van der Waals surface area contributed by atoms with E-state index < -0.39 is 11.8 Å². The van der Waals surface area contributed by atoms with Crippen molar-refractivity contribution in [1.82, 2.24) is 0 Å². The van der Waals surface area contributed by atoms with Gasteiger partial charge in [-0.15, -0.1) is 0 Å². The van der Waals surface area contributed by atoms with E-state index in [2.05, 4.69) is 5.32 Å². The van der Waals surface area contributed by atoms with Crippen LogP contribution in [0.5, 0.6) is 5.75 Å². The largest absolute Gasteiger partial charge is 0.484 e. The molecule has 0 fully saturated rings. The second-order valence-electron chi connectivity index (χ2n) is 6.03. The number of primary amides is 1. The minimum atomic E-state index is -0.558. The standard InChI is InChI=1S/C22H20N2O3/c23-20(25)15-27-19-13-7-12-18(14-19)24-22(26)21(16-8-3-1-4-9-16)17-10-5-2-6-11-17/h1-14,21H,15H2,(H2,23,25)(H,24,26). The van der Waals surface area contributed by atoms with Crippen molar-refractivity contribution >= 4 is 17.5 Å². The summed E-state index contributed by atoms with van der Waals surface area (Å²) in [6.07, 6.45) is 0. The molecule has 3 N–H and O–H groups in total. The van der Waals surface area contributed by atoms with Crippen LogP contribution in [0.2, 0.25) is 0 Å². The second-order valence-corrected chi connectivity index (χ2v) is 6.03. The van der Waals surface area contributed by atoms with Crippen LogP contribution in [-0.4, -0.2) is 18.4 Å². The fourth-order valence-electron chi connectivity index (χ4n) is 2.82. The molecule has 0 radical (unpaired) electrons. The topological polar surface area (TPSA) is 81.4 Å². The lowest BCUT2D eigenvalue weighted by molar-refractivity contribution is -0.120. The van der Waals surface area contributed by atoms with Crippen LogP contribution >= 0.6 is 0 Å². The van der Waals surface area contributed by atoms with Crippen molar-refractivity contribution in [2.45, 2.75) is 5.92 Å². The van der Waals surface area contributed by atoms with Gasteiger partial charge in [0, 0.05) is 11.8 Å². The lowest BCUT2D eigenvalue weighted by atomic mass is 9.90. The minimum absolute atomic E-state index is 0.153. The molecule has 2 amide bonds. The van der Waals surface area contributed by atoms with Gasteiger partial charge in [0.2, 0.25) is 5.91 Å². The van der Waals surface area contributed by atoms with Crippen molar-refractivity contribution in [3.8, 4) is 5.75 Å². The molecule has 5 heteroatoms. The number of carbonyl (C=O) groups excluding carboxylic acids is 2. The van der Waals surface area contributed by atoms with Crippen molar-refractivity contribution in [1.29, 1.82) is 0 Å². The third kappa shape index (κ3) is 4.95. The fraction of sp³-hybridized carbons (Fsp3) is 0.0909. The molecule has 0 saturated heterocycles. The summed E-state index contributed by atoms with van der Waals surface area (Å²) >= 11 is 0. The lowest BCUT2D eigenvalue weighted by Crippen LogP contribution is -2.22. The molecule has 0 saturated carbocycles. The molecule has 0 spiro atoms. The SMILES string of the molecule is NC(=O)COc1cccc(NC(=O)C(c2ccccc2)c2ccccc2)c1. The summed E-state index contributed by atoms with van der Waals surface area (Å²) in [6.45, 7) is -0.214. The Morgan fingerprint density at radius 1 is 0.852 bits per heavy atom. The minimum Gasteiger partial charge on any atom is -0.484 e. The van der Waals surface area contributed by atoms with Crippen molar-refractivity contribution < 1.29 is 14.3 Å². The van der Waals surface area contributed by atoms with Crippen LogP contribution in [0.3, 0.4) is 0 Å². The molecule has 0 heterocycles. The third-order valence-electron chi connectivity index (χ3n) is 4.01. The zero-order valence-corrected chi connectivity index (χ0v) is 14.7. The quantitative estimate of drug-likeness (QED) is 0.678. The summed E-state index contributed by atoms with van der Waals surface area (Å²) in [5, 5.41) is 2.93. The van der Waals surface area contributed by atoms with Gasteiger partial charge in [-0.3, -0.25) is 9.59 Å². The summed E-state index contributed by atoms with van der Waals surface area (Å²) in [5.74, 6) is -0.692. The number of nitrogens with one attached hydrogen (secondary N) is 1. The highest BCUT2D eigenvalue weighted by molar-refractivity contribution is 5.98. The maximum absolute atomic E-state index is 13.1. The number of nitrogens with two attached hydrogens (primary N) is 1. The zero-order valence-electron chi connectivity index (χ0n) is 14.7. The summed E-state index contributed by atoms with van der Waals surface area (Å²) < 4.78 is 5.29. The second kappa shape index (κ2) is 8.67. The molecule has 27 heavy (non-hydrogen) atoms. The number of rotatable bonds is 7. The van der Waals surface area contributed by atoms with Gasteiger partial charge in [-0.25, -0.2) is 0 Å². The van der Waals surface area contributed by atoms with Gasteiger partial charge in [0.1, 0.15) is 5.75 Å². The van der Waals surface area contributed by atoms with Crippen LogP contribution < -0.4 is 15.8 Å². The normalized spacial score (nSPS) is 10.4. The molecule has 0 bridgehead atoms. The lowest BCUT2D eigenvalue weighted by Gasteiger charge is -2.18. The molecule has 0 atom stereocenters. The highest BCUT2D eigenvalue weighted by Gasteiger charge is 2.22.